The minimum Gasteiger partial charge on any atom is -0.211 e. The van der Waals surface area contributed by atoms with E-state index in [0.29, 0.717) is 0 Å². The molecular formula is C12H6BrN5S. The van der Waals surface area contributed by atoms with Gasteiger partial charge in [0.2, 0.25) is 0 Å². The van der Waals surface area contributed by atoms with Crippen LogP contribution in [0, 0.1) is 0 Å². The Hall–Kier alpha value is -1.86. The smallest absolute Gasteiger partial charge is 0.131 e. The van der Waals surface area contributed by atoms with E-state index in [1.54, 1.807) is 4.68 Å². The van der Waals surface area contributed by atoms with Gasteiger partial charge in [-0.15, -0.1) is 5.10 Å². The zero-order valence-corrected chi connectivity index (χ0v) is 11.9. The summed E-state index contributed by atoms with van der Waals surface area (Å²) in [6.45, 7) is 0. The highest BCUT2D eigenvalue weighted by Crippen LogP contribution is 2.28. The van der Waals surface area contributed by atoms with Crippen molar-refractivity contribution in [3.05, 3.63) is 40.9 Å². The van der Waals surface area contributed by atoms with E-state index in [9.17, 15) is 0 Å². The van der Waals surface area contributed by atoms with Crippen LogP contribution in [0.5, 0.6) is 0 Å². The molecule has 0 aliphatic carbocycles. The summed E-state index contributed by atoms with van der Waals surface area (Å²) in [5.41, 5.74) is 4.39. The number of hydrogen-bond acceptors (Lipinski definition) is 5. The highest BCUT2D eigenvalue weighted by atomic mass is 79.9. The number of fused-ring (bicyclic) bond motifs is 2. The molecule has 0 radical (unpaired) electrons. The predicted octanol–water partition coefficient (Wildman–Crippen LogP) is 3.19. The number of rotatable bonds is 1. The Balaban J connectivity index is 2.10. The van der Waals surface area contributed by atoms with Gasteiger partial charge in [0.05, 0.1) is 22.9 Å². The summed E-state index contributed by atoms with van der Waals surface area (Å²) in [6.07, 6.45) is 0. The van der Waals surface area contributed by atoms with Gasteiger partial charge >= 0.3 is 0 Å². The van der Waals surface area contributed by atoms with Gasteiger partial charge in [-0.3, -0.25) is 0 Å². The Kier molecular flexibility index (Phi) is 2.36. The lowest BCUT2D eigenvalue weighted by Gasteiger charge is -2.03. The van der Waals surface area contributed by atoms with Crippen molar-refractivity contribution in [2.24, 2.45) is 0 Å². The van der Waals surface area contributed by atoms with Crippen molar-refractivity contribution in [1.29, 1.82) is 0 Å². The van der Waals surface area contributed by atoms with Gasteiger partial charge in [-0.25, -0.2) is 4.68 Å². The van der Waals surface area contributed by atoms with E-state index in [0.717, 1.165) is 32.2 Å². The standard InChI is InChI=1S/C12H6BrN5S/c13-7-5-6-10(12-11(7)15-19-16-12)18-9-4-2-1-3-8(9)14-17-18/h1-6H. The first-order valence-electron chi connectivity index (χ1n) is 5.56. The summed E-state index contributed by atoms with van der Waals surface area (Å²) in [4.78, 5) is 0. The lowest BCUT2D eigenvalue weighted by Crippen LogP contribution is -1.97. The van der Waals surface area contributed by atoms with Gasteiger partial charge in [-0.05, 0) is 40.2 Å². The molecule has 0 amide bonds. The van der Waals surface area contributed by atoms with Crippen LogP contribution in [-0.4, -0.2) is 23.7 Å². The minimum absolute atomic E-state index is 0.829. The molecule has 0 unspecified atom stereocenters. The van der Waals surface area contributed by atoms with E-state index < -0.39 is 0 Å². The highest BCUT2D eigenvalue weighted by Gasteiger charge is 2.13. The summed E-state index contributed by atoms with van der Waals surface area (Å²) in [5.74, 6) is 0. The first-order chi connectivity index (χ1) is 9.34. The van der Waals surface area contributed by atoms with Crippen molar-refractivity contribution in [3.8, 4) is 5.69 Å². The molecule has 0 saturated heterocycles. The minimum atomic E-state index is 0.829. The Bertz CT molecular complexity index is 897. The van der Waals surface area contributed by atoms with Crippen molar-refractivity contribution >= 4 is 49.7 Å². The molecule has 0 fully saturated rings. The van der Waals surface area contributed by atoms with Gasteiger partial charge < -0.3 is 0 Å². The van der Waals surface area contributed by atoms with E-state index in [1.165, 1.54) is 11.7 Å². The number of nitrogens with zero attached hydrogens (tertiary/aromatic N) is 5. The summed E-state index contributed by atoms with van der Waals surface area (Å²) in [7, 11) is 0. The zero-order valence-electron chi connectivity index (χ0n) is 9.49. The molecule has 2 aromatic heterocycles. The SMILES string of the molecule is Brc1ccc(-n2nnc3ccccc32)c2nsnc12. The monoisotopic (exact) mass is 331 g/mol. The van der Waals surface area contributed by atoms with Gasteiger partial charge in [-0.2, -0.15) is 8.75 Å². The molecule has 0 N–H and O–H groups in total. The molecule has 4 rings (SSSR count). The largest absolute Gasteiger partial charge is 0.211 e. The predicted molar refractivity (Wildman–Crippen MR) is 77.5 cm³/mol. The molecular weight excluding hydrogens is 326 g/mol. The van der Waals surface area contributed by atoms with Gasteiger partial charge in [0, 0.05) is 4.47 Å². The van der Waals surface area contributed by atoms with Crippen LogP contribution >= 0.6 is 27.7 Å². The molecule has 92 valence electrons. The first kappa shape index (κ1) is 11.0. The Labute approximate surface area is 120 Å². The second-order valence-corrected chi connectivity index (χ2v) is 5.40. The molecule has 2 heterocycles. The quantitative estimate of drug-likeness (QED) is 0.537. The maximum Gasteiger partial charge on any atom is 0.131 e. The molecule has 7 heteroatoms. The fourth-order valence-electron chi connectivity index (χ4n) is 2.04. The average Bonchev–Trinajstić information content (AvgIpc) is 3.06. The molecule has 0 aliphatic heterocycles. The first-order valence-corrected chi connectivity index (χ1v) is 7.08. The van der Waals surface area contributed by atoms with Gasteiger partial charge in [-0.1, -0.05) is 17.3 Å². The van der Waals surface area contributed by atoms with E-state index in [1.807, 2.05) is 36.4 Å². The van der Waals surface area contributed by atoms with Crippen LogP contribution in [0.2, 0.25) is 0 Å². The van der Waals surface area contributed by atoms with Crippen molar-refractivity contribution in [2.75, 3.05) is 0 Å². The third-order valence-electron chi connectivity index (χ3n) is 2.92. The fraction of sp³-hybridized carbons (Fsp3) is 0. The van der Waals surface area contributed by atoms with Crippen molar-refractivity contribution in [2.45, 2.75) is 0 Å². The second-order valence-electron chi connectivity index (χ2n) is 4.02. The maximum absolute atomic E-state index is 4.35. The van der Waals surface area contributed by atoms with Crippen LogP contribution in [0.15, 0.2) is 40.9 Å². The van der Waals surface area contributed by atoms with Gasteiger partial charge in [0.1, 0.15) is 16.6 Å². The van der Waals surface area contributed by atoms with Crippen LogP contribution in [-0.2, 0) is 0 Å². The summed E-state index contributed by atoms with van der Waals surface area (Å²) >= 11 is 4.67. The Morgan fingerprint density at radius 3 is 2.79 bits per heavy atom. The third-order valence-corrected chi connectivity index (χ3v) is 4.09. The highest BCUT2D eigenvalue weighted by molar-refractivity contribution is 9.10. The van der Waals surface area contributed by atoms with Crippen LogP contribution in [0.25, 0.3) is 27.8 Å². The van der Waals surface area contributed by atoms with Crippen molar-refractivity contribution < 1.29 is 0 Å². The van der Waals surface area contributed by atoms with E-state index in [-0.39, 0.29) is 0 Å². The van der Waals surface area contributed by atoms with Crippen LogP contribution in [0.4, 0.5) is 0 Å². The van der Waals surface area contributed by atoms with E-state index in [2.05, 4.69) is 35.0 Å². The van der Waals surface area contributed by atoms with E-state index in [4.69, 9.17) is 0 Å². The van der Waals surface area contributed by atoms with E-state index >= 15 is 0 Å². The normalized spacial score (nSPS) is 11.4. The Morgan fingerprint density at radius 1 is 1.00 bits per heavy atom. The molecule has 0 aliphatic rings. The number of aromatic nitrogens is 5. The zero-order chi connectivity index (χ0) is 12.8. The number of halogens is 1. The third kappa shape index (κ3) is 1.58. The fourth-order valence-corrected chi connectivity index (χ4v) is 3.14. The van der Waals surface area contributed by atoms with Crippen molar-refractivity contribution in [1.82, 2.24) is 23.7 Å². The topological polar surface area (TPSA) is 56.5 Å². The summed E-state index contributed by atoms with van der Waals surface area (Å²) in [6, 6.07) is 11.8. The molecule has 0 bridgehead atoms. The number of hydrogen-bond donors (Lipinski definition) is 0. The van der Waals surface area contributed by atoms with Crippen LogP contribution in [0.1, 0.15) is 0 Å². The molecule has 19 heavy (non-hydrogen) atoms. The molecule has 0 saturated carbocycles. The molecule has 4 aromatic rings. The van der Waals surface area contributed by atoms with Crippen LogP contribution in [0.3, 0.4) is 0 Å². The average molecular weight is 332 g/mol. The molecule has 0 atom stereocenters. The lowest BCUT2D eigenvalue weighted by molar-refractivity contribution is 0.828. The van der Waals surface area contributed by atoms with Gasteiger partial charge in [0.25, 0.3) is 0 Å². The van der Waals surface area contributed by atoms with Crippen molar-refractivity contribution in [3.63, 3.8) is 0 Å². The maximum atomic E-state index is 4.35. The lowest BCUT2D eigenvalue weighted by atomic mass is 10.2. The molecule has 2 aromatic carbocycles. The van der Waals surface area contributed by atoms with Crippen LogP contribution < -0.4 is 0 Å². The summed E-state index contributed by atoms with van der Waals surface area (Å²) < 4.78 is 11.4. The molecule has 0 spiro atoms. The second kappa shape index (κ2) is 4.07. The molecule has 5 nitrogen and oxygen atoms in total. The summed E-state index contributed by atoms with van der Waals surface area (Å²) in [5, 5.41) is 8.38. The number of benzene rings is 2. The number of para-hydroxylation sites is 1. The van der Waals surface area contributed by atoms with Gasteiger partial charge in [0.15, 0.2) is 0 Å². The Morgan fingerprint density at radius 2 is 1.84 bits per heavy atom.